The standard InChI is InChI=1S/C17H31N3S/c1-7-20(11-13-8-9-13)16-19-15(17(4,5)6)14(21-16)10-18-12(2)3/h12-13,18H,7-11H2,1-6H3. The van der Waals surface area contributed by atoms with Gasteiger partial charge in [-0.05, 0) is 25.7 Å². The van der Waals surface area contributed by atoms with E-state index in [2.05, 4.69) is 51.8 Å². The van der Waals surface area contributed by atoms with E-state index in [1.165, 1.54) is 35.1 Å². The van der Waals surface area contributed by atoms with Crippen molar-refractivity contribution in [2.75, 3.05) is 18.0 Å². The van der Waals surface area contributed by atoms with Gasteiger partial charge in [-0.15, -0.1) is 11.3 Å². The van der Waals surface area contributed by atoms with Gasteiger partial charge in [-0.3, -0.25) is 0 Å². The van der Waals surface area contributed by atoms with Crippen LogP contribution in [0.5, 0.6) is 0 Å². The van der Waals surface area contributed by atoms with Gasteiger partial charge in [-0.1, -0.05) is 34.6 Å². The maximum absolute atomic E-state index is 5.02. The number of nitrogens with zero attached hydrogens (tertiary/aromatic N) is 2. The molecule has 0 unspecified atom stereocenters. The Balaban J connectivity index is 2.21. The van der Waals surface area contributed by atoms with Crippen LogP contribution in [0.2, 0.25) is 0 Å². The Labute approximate surface area is 134 Å². The summed E-state index contributed by atoms with van der Waals surface area (Å²) < 4.78 is 0. The van der Waals surface area contributed by atoms with Crippen LogP contribution in [-0.4, -0.2) is 24.1 Å². The second-order valence-electron chi connectivity index (χ2n) is 7.54. The predicted octanol–water partition coefficient (Wildman–Crippen LogP) is 4.17. The fraction of sp³-hybridized carbons (Fsp3) is 0.824. The quantitative estimate of drug-likeness (QED) is 0.819. The SMILES string of the molecule is CCN(CC1CC1)c1nc(C(C)(C)C)c(CNC(C)C)s1. The molecule has 1 aliphatic rings. The van der Waals surface area contributed by atoms with Gasteiger partial charge in [0.1, 0.15) is 0 Å². The molecular formula is C17H31N3S. The largest absolute Gasteiger partial charge is 0.348 e. The smallest absolute Gasteiger partial charge is 0.185 e. The first kappa shape index (κ1) is 16.8. The van der Waals surface area contributed by atoms with Crippen LogP contribution >= 0.6 is 11.3 Å². The number of rotatable bonds is 7. The Morgan fingerprint density at radius 1 is 1.33 bits per heavy atom. The number of hydrogen-bond acceptors (Lipinski definition) is 4. The third-order valence-electron chi connectivity index (χ3n) is 3.90. The van der Waals surface area contributed by atoms with Crippen molar-refractivity contribution in [1.29, 1.82) is 0 Å². The molecule has 0 spiro atoms. The molecule has 1 aromatic rings. The molecule has 0 amide bonds. The molecule has 1 aliphatic carbocycles. The van der Waals surface area contributed by atoms with E-state index in [0.29, 0.717) is 6.04 Å². The van der Waals surface area contributed by atoms with Crippen molar-refractivity contribution >= 4 is 16.5 Å². The van der Waals surface area contributed by atoms with Crippen molar-refractivity contribution in [3.8, 4) is 0 Å². The number of nitrogens with one attached hydrogen (secondary N) is 1. The van der Waals surface area contributed by atoms with Crippen molar-refractivity contribution in [3.63, 3.8) is 0 Å². The van der Waals surface area contributed by atoms with Gasteiger partial charge in [-0.25, -0.2) is 4.98 Å². The normalized spacial score (nSPS) is 15.8. The topological polar surface area (TPSA) is 28.2 Å². The highest BCUT2D eigenvalue weighted by Gasteiger charge is 2.28. The molecule has 0 bridgehead atoms. The Hall–Kier alpha value is -0.610. The molecule has 4 heteroatoms. The maximum Gasteiger partial charge on any atom is 0.185 e. The van der Waals surface area contributed by atoms with Crippen LogP contribution in [0, 0.1) is 5.92 Å². The van der Waals surface area contributed by atoms with E-state index in [-0.39, 0.29) is 5.41 Å². The van der Waals surface area contributed by atoms with Gasteiger partial charge in [0.25, 0.3) is 0 Å². The fourth-order valence-electron chi connectivity index (χ4n) is 2.43. The number of aromatic nitrogens is 1. The summed E-state index contributed by atoms with van der Waals surface area (Å²) in [5, 5.41) is 4.77. The van der Waals surface area contributed by atoms with Crippen molar-refractivity contribution in [2.24, 2.45) is 5.92 Å². The number of thiazole rings is 1. The molecule has 21 heavy (non-hydrogen) atoms. The van der Waals surface area contributed by atoms with Gasteiger partial charge in [0, 0.05) is 36.0 Å². The second kappa shape index (κ2) is 6.66. The summed E-state index contributed by atoms with van der Waals surface area (Å²) in [6, 6.07) is 0.511. The lowest BCUT2D eigenvalue weighted by Crippen LogP contribution is -2.25. The lowest BCUT2D eigenvalue weighted by molar-refractivity contribution is 0.545. The van der Waals surface area contributed by atoms with Gasteiger partial charge in [0.15, 0.2) is 5.13 Å². The monoisotopic (exact) mass is 309 g/mol. The van der Waals surface area contributed by atoms with Crippen LogP contribution in [0.1, 0.15) is 65.0 Å². The minimum Gasteiger partial charge on any atom is -0.348 e. The molecule has 120 valence electrons. The molecule has 0 atom stereocenters. The molecule has 0 aromatic carbocycles. The van der Waals surface area contributed by atoms with E-state index < -0.39 is 0 Å². The highest BCUT2D eigenvalue weighted by Crippen LogP contribution is 2.36. The van der Waals surface area contributed by atoms with Crippen LogP contribution in [0.3, 0.4) is 0 Å². The zero-order valence-corrected chi connectivity index (χ0v) is 15.3. The van der Waals surface area contributed by atoms with Crippen LogP contribution < -0.4 is 10.2 Å². The van der Waals surface area contributed by atoms with E-state index >= 15 is 0 Å². The molecule has 0 aliphatic heterocycles. The van der Waals surface area contributed by atoms with Gasteiger partial charge < -0.3 is 10.2 Å². The zero-order chi connectivity index (χ0) is 15.6. The molecular weight excluding hydrogens is 278 g/mol. The van der Waals surface area contributed by atoms with E-state index in [9.17, 15) is 0 Å². The Morgan fingerprint density at radius 3 is 2.48 bits per heavy atom. The lowest BCUT2D eigenvalue weighted by Gasteiger charge is -2.20. The predicted molar refractivity (Wildman–Crippen MR) is 93.4 cm³/mol. The molecule has 1 aromatic heterocycles. The van der Waals surface area contributed by atoms with Gasteiger partial charge >= 0.3 is 0 Å². The average Bonchev–Trinajstić information content (AvgIpc) is 3.09. The van der Waals surface area contributed by atoms with Gasteiger partial charge in [-0.2, -0.15) is 0 Å². The number of hydrogen-bond donors (Lipinski definition) is 1. The summed E-state index contributed by atoms with van der Waals surface area (Å²) in [5.41, 5.74) is 1.38. The Morgan fingerprint density at radius 2 is 2.00 bits per heavy atom. The summed E-state index contributed by atoms with van der Waals surface area (Å²) in [7, 11) is 0. The Kier molecular flexibility index (Phi) is 5.31. The summed E-state index contributed by atoms with van der Waals surface area (Å²) >= 11 is 1.88. The highest BCUT2D eigenvalue weighted by atomic mass is 32.1. The average molecular weight is 310 g/mol. The lowest BCUT2D eigenvalue weighted by atomic mass is 9.91. The zero-order valence-electron chi connectivity index (χ0n) is 14.5. The van der Waals surface area contributed by atoms with E-state index in [0.717, 1.165) is 19.0 Å². The second-order valence-corrected chi connectivity index (χ2v) is 8.60. The molecule has 1 fully saturated rings. The third kappa shape index (κ3) is 4.68. The summed E-state index contributed by atoms with van der Waals surface area (Å²) in [5.74, 6) is 0.907. The van der Waals surface area contributed by atoms with Crippen LogP contribution in [0.15, 0.2) is 0 Å². The minimum absolute atomic E-state index is 0.113. The van der Waals surface area contributed by atoms with Crippen molar-refractivity contribution in [2.45, 2.75) is 72.4 Å². The van der Waals surface area contributed by atoms with Gasteiger partial charge in [0.2, 0.25) is 0 Å². The summed E-state index contributed by atoms with van der Waals surface area (Å²) in [6.07, 6.45) is 2.80. The van der Waals surface area contributed by atoms with Crippen LogP contribution in [-0.2, 0) is 12.0 Å². The highest BCUT2D eigenvalue weighted by molar-refractivity contribution is 7.15. The van der Waals surface area contributed by atoms with Crippen molar-refractivity contribution in [1.82, 2.24) is 10.3 Å². The van der Waals surface area contributed by atoms with E-state index in [4.69, 9.17) is 4.98 Å². The van der Waals surface area contributed by atoms with Crippen LogP contribution in [0.25, 0.3) is 0 Å². The third-order valence-corrected chi connectivity index (χ3v) is 5.01. The molecule has 1 heterocycles. The molecule has 0 saturated heterocycles. The minimum atomic E-state index is 0.113. The van der Waals surface area contributed by atoms with Gasteiger partial charge in [0.05, 0.1) is 5.69 Å². The first-order chi connectivity index (χ1) is 9.81. The molecule has 0 radical (unpaired) electrons. The molecule has 1 saturated carbocycles. The van der Waals surface area contributed by atoms with E-state index in [1.807, 2.05) is 11.3 Å². The van der Waals surface area contributed by atoms with E-state index in [1.54, 1.807) is 0 Å². The summed E-state index contributed by atoms with van der Waals surface area (Å²) in [6.45, 7) is 16.6. The maximum atomic E-state index is 5.02. The van der Waals surface area contributed by atoms with Crippen molar-refractivity contribution < 1.29 is 0 Å². The first-order valence-corrected chi connectivity index (χ1v) is 9.11. The first-order valence-electron chi connectivity index (χ1n) is 8.29. The number of anilines is 1. The fourth-order valence-corrected chi connectivity index (χ4v) is 3.73. The molecule has 1 N–H and O–H groups in total. The Bertz CT molecular complexity index is 455. The summed E-state index contributed by atoms with van der Waals surface area (Å²) in [4.78, 5) is 8.89. The van der Waals surface area contributed by atoms with Crippen LogP contribution in [0.4, 0.5) is 5.13 Å². The molecule has 3 nitrogen and oxygen atoms in total. The van der Waals surface area contributed by atoms with Crippen molar-refractivity contribution in [3.05, 3.63) is 10.6 Å². The molecule has 2 rings (SSSR count).